The van der Waals surface area contributed by atoms with Crippen molar-refractivity contribution in [3.63, 3.8) is 0 Å². The molecule has 0 amide bonds. The van der Waals surface area contributed by atoms with Crippen molar-refractivity contribution in [1.29, 1.82) is 0 Å². The van der Waals surface area contributed by atoms with Crippen LogP contribution in [0.1, 0.15) is 20.3 Å². The lowest BCUT2D eigenvalue weighted by Gasteiger charge is -1.99. The Morgan fingerprint density at radius 1 is 0.933 bits per heavy atom. The van der Waals surface area contributed by atoms with Gasteiger partial charge in [0.05, 0.1) is 0 Å². The fraction of sp³-hybridized carbons (Fsp3) is 0.200. The predicted molar refractivity (Wildman–Crippen MR) is 70.8 cm³/mol. The van der Waals surface area contributed by atoms with E-state index >= 15 is 0 Å². The Morgan fingerprint density at radius 2 is 1.53 bits per heavy atom. The molecule has 0 radical (unpaired) electrons. The maximum Gasteiger partial charge on any atom is -0.00375 e. The smallest absolute Gasteiger partial charge is 0.00375 e. The average molecular weight is 200 g/mol. The fourth-order valence-corrected chi connectivity index (χ4v) is 0.972. The van der Waals surface area contributed by atoms with Crippen LogP contribution >= 0.6 is 0 Å². The highest BCUT2D eigenvalue weighted by Crippen LogP contribution is 2.10. The number of hydrogen-bond donors (Lipinski definition) is 0. The molecule has 0 aromatic rings. The second-order valence-electron chi connectivity index (χ2n) is 3.56. The molecule has 0 aliphatic heterocycles. The van der Waals surface area contributed by atoms with E-state index in [1.807, 2.05) is 50.3 Å². The topological polar surface area (TPSA) is 0 Å². The highest BCUT2D eigenvalue weighted by Gasteiger charge is 1.91. The van der Waals surface area contributed by atoms with Crippen LogP contribution in [0.5, 0.6) is 0 Å². The zero-order valence-electron chi connectivity index (χ0n) is 9.79. The Hall–Kier alpha value is -1.56. The zero-order valence-corrected chi connectivity index (χ0v) is 9.79. The van der Waals surface area contributed by atoms with Crippen molar-refractivity contribution in [2.75, 3.05) is 0 Å². The maximum absolute atomic E-state index is 3.96. The molecular weight excluding hydrogens is 180 g/mol. The molecule has 0 spiro atoms. The summed E-state index contributed by atoms with van der Waals surface area (Å²) in [5.74, 6) is 0. The first-order chi connectivity index (χ1) is 7.06. The Labute approximate surface area is 93.7 Å². The number of rotatable bonds is 6. The van der Waals surface area contributed by atoms with E-state index in [4.69, 9.17) is 0 Å². The molecule has 0 heterocycles. The van der Waals surface area contributed by atoms with Gasteiger partial charge in [-0.05, 0) is 20.3 Å². The van der Waals surface area contributed by atoms with Crippen LogP contribution in [0.25, 0.3) is 0 Å². The van der Waals surface area contributed by atoms with Crippen molar-refractivity contribution >= 4 is 0 Å². The van der Waals surface area contributed by atoms with Crippen LogP contribution in [0.3, 0.4) is 0 Å². The van der Waals surface area contributed by atoms with Gasteiger partial charge in [0.2, 0.25) is 0 Å². The minimum atomic E-state index is 0.803. The molecule has 0 aromatic heterocycles. The van der Waals surface area contributed by atoms with Crippen LogP contribution in [0.4, 0.5) is 0 Å². The molecule has 80 valence electrons. The lowest BCUT2D eigenvalue weighted by molar-refractivity contribution is 1.23. The van der Waals surface area contributed by atoms with Crippen LogP contribution in [-0.4, -0.2) is 0 Å². The molecule has 0 fully saturated rings. The third kappa shape index (κ3) is 8.76. The monoisotopic (exact) mass is 200 g/mol. The van der Waals surface area contributed by atoms with Crippen LogP contribution < -0.4 is 0 Å². The Kier molecular flexibility index (Phi) is 7.00. The molecule has 0 rings (SSSR count). The fourth-order valence-electron chi connectivity index (χ4n) is 0.972. The van der Waals surface area contributed by atoms with E-state index in [1.165, 1.54) is 0 Å². The SMILES string of the molecule is C=C(C)/C=C\C(=C)CC(=C)/C=C\C=C/C. The molecule has 0 N–H and O–H groups in total. The minimum absolute atomic E-state index is 0.803. The Bertz CT molecular complexity index is 322. The van der Waals surface area contributed by atoms with Gasteiger partial charge in [0.15, 0.2) is 0 Å². The lowest BCUT2D eigenvalue weighted by atomic mass is 10.1. The summed E-state index contributed by atoms with van der Waals surface area (Å²) in [5.41, 5.74) is 3.14. The molecule has 0 aliphatic rings. The van der Waals surface area contributed by atoms with Crippen molar-refractivity contribution < 1.29 is 0 Å². The molecule has 0 aromatic carbocycles. The predicted octanol–water partition coefficient (Wildman–Crippen LogP) is 4.75. The highest BCUT2D eigenvalue weighted by molar-refractivity contribution is 5.30. The summed E-state index contributed by atoms with van der Waals surface area (Å²) in [6.45, 7) is 15.7. The van der Waals surface area contributed by atoms with E-state index in [0.717, 1.165) is 23.1 Å². The van der Waals surface area contributed by atoms with E-state index in [1.54, 1.807) is 0 Å². The molecule has 0 heteroatoms. The number of allylic oxidation sites excluding steroid dienone is 9. The van der Waals surface area contributed by atoms with Gasteiger partial charge in [0.25, 0.3) is 0 Å². The zero-order chi connectivity index (χ0) is 11.7. The first-order valence-corrected chi connectivity index (χ1v) is 5.04. The quantitative estimate of drug-likeness (QED) is 0.543. The highest BCUT2D eigenvalue weighted by atomic mass is 14.0. The number of hydrogen-bond acceptors (Lipinski definition) is 0. The summed E-state index contributed by atoms with van der Waals surface area (Å²) in [4.78, 5) is 0. The summed E-state index contributed by atoms with van der Waals surface area (Å²) in [7, 11) is 0. The standard InChI is InChI=1S/C15H20/c1-6-7-8-9-14(4)12-15(5)11-10-13(2)3/h6-11H,2,4-5,12H2,1,3H3/b7-6-,9-8-,11-10-. The van der Waals surface area contributed by atoms with Gasteiger partial charge in [-0.2, -0.15) is 0 Å². The molecule has 0 bridgehead atoms. The summed E-state index contributed by atoms with van der Waals surface area (Å²) < 4.78 is 0. The first-order valence-electron chi connectivity index (χ1n) is 5.04. The third-order valence-corrected chi connectivity index (χ3v) is 1.69. The Balaban J connectivity index is 4.08. The van der Waals surface area contributed by atoms with Crippen molar-refractivity contribution in [3.05, 3.63) is 72.9 Å². The van der Waals surface area contributed by atoms with Gasteiger partial charge in [-0.3, -0.25) is 0 Å². The molecule has 0 unspecified atom stereocenters. The van der Waals surface area contributed by atoms with Gasteiger partial charge in [0.1, 0.15) is 0 Å². The van der Waals surface area contributed by atoms with Gasteiger partial charge in [-0.15, -0.1) is 0 Å². The normalized spacial score (nSPS) is 11.6. The van der Waals surface area contributed by atoms with Gasteiger partial charge in [-0.1, -0.05) is 72.9 Å². The van der Waals surface area contributed by atoms with Crippen molar-refractivity contribution in [2.45, 2.75) is 20.3 Å². The largest absolute Gasteiger partial charge is 0.0961 e. The molecule has 0 aliphatic carbocycles. The molecule has 0 atom stereocenters. The second kappa shape index (κ2) is 7.81. The van der Waals surface area contributed by atoms with Crippen molar-refractivity contribution in [3.8, 4) is 0 Å². The first kappa shape index (κ1) is 13.4. The van der Waals surface area contributed by atoms with Gasteiger partial charge in [-0.25, -0.2) is 0 Å². The molecule has 0 saturated heterocycles. The van der Waals surface area contributed by atoms with E-state index in [2.05, 4.69) is 19.7 Å². The van der Waals surface area contributed by atoms with Crippen LogP contribution in [0, 0.1) is 0 Å². The molecule has 15 heavy (non-hydrogen) atoms. The summed E-state index contributed by atoms with van der Waals surface area (Å²) >= 11 is 0. The molecule has 0 nitrogen and oxygen atoms in total. The van der Waals surface area contributed by atoms with E-state index in [9.17, 15) is 0 Å². The average Bonchev–Trinajstić information content (AvgIpc) is 2.15. The maximum atomic E-state index is 3.96. The van der Waals surface area contributed by atoms with Crippen LogP contribution in [0.15, 0.2) is 72.9 Å². The van der Waals surface area contributed by atoms with Crippen LogP contribution in [0.2, 0.25) is 0 Å². The summed E-state index contributed by atoms with van der Waals surface area (Å²) in [6, 6.07) is 0. The van der Waals surface area contributed by atoms with Gasteiger partial charge < -0.3 is 0 Å². The van der Waals surface area contributed by atoms with Gasteiger partial charge in [0, 0.05) is 0 Å². The second-order valence-corrected chi connectivity index (χ2v) is 3.56. The van der Waals surface area contributed by atoms with Crippen molar-refractivity contribution in [1.82, 2.24) is 0 Å². The Morgan fingerprint density at radius 3 is 2.07 bits per heavy atom. The van der Waals surface area contributed by atoms with Gasteiger partial charge >= 0.3 is 0 Å². The van der Waals surface area contributed by atoms with E-state index in [-0.39, 0.29) is 0 Å². The van der Waals surface area contributed by atoms with Crippen molar-refractivity contribution in [2.24, 2.45) is 0 Å². The summed E-state index contributed by atoms with van der Waals surface area (Å²) in [6.07, 6.45) is 12.7. The third-order valence-electron chi connectivity index (χ3n) is 1.69. The summed E-state index contributed by atoms with van der Waals surface area (Å²) in [5, 5.41) is 0. The lowest BCUT2D eigenvalue weighted by Crippen LogP contribution is -1.79. The van der Waals surface area contributed by atoms with Crippen LogP contribution in [-0.2, 0) is 0 Å². The van der Waals surface area contributed by atoms with E-state index in [0.29, 0.717) is 0 Å². The molecular formula is C15H20. The minimum Gasteiger partial charge on any atom is -0.0961 e. The molecule has 0 saturated carbocycles. The van der Waals surface area contributed by atoms with E-state index < -0.39 is 0 Å².